The van der Waals surface area contributed by atoms with Crippen molar-refractivity contribution in [3.05, 3.63) is 70.1 Å². The molecule has 158 valence electrons. The Morgan fingerprint density at radius 1 is 1.17 bits per heavy atom. The van der Waals surface area contributed by atoms with Gasteiger partial charge in [-0.05, 0) is 41.0 Å². The third kappa shape index (κ3) is 3.74. The van der Waals surface area contributed by atoms with Crippen molar-refractivity contribution < 1.29 is 22.7 Å². The molecule has 2 aliphatic rings. The van der Waals surface area contributed by atoms with Gasteiger partial charge in [0, 0.05) is 32.4 Å². The van der Waals surface area contributed by atoms with Crippen LogP contribution in [0.25, 0.3) is 0 Å². The molecule has 2 saturated heterocycles. The second-order valence-corrected chi connectivity index (χ2v) is 9.54. The van der Waals surface area contributed by atoms with Crippen molar-refractivity contribution >= 4 is 27.5 Å². The number of aliphatic hydroxyl groups excluding tert-OH is 1. The van der Waals surface area contributed by atoms with Crippen LogP contribution < -0.4 is 0 Å². The minimum atomic E-state index is -3.61. The molecule has 0 unspecified atom stereocenters. The first kappa shape index (κ1) is 20.9. The fraction of sp³-hybridized carbons (Fsp3) is 0.300. The molecule has 1 aromatic heterocycles. The Morgan fingerprint density at radius 3 is 2.47 bits per heavy atom. The standard InChI is InChI=1S/C20H19ClFN3O4S/c21-17-7-13(4-5-18(17)22)16(12-26)20(27)24-8-14(9-24)15-10-25(11-15)30(28,29)19-3-1-2-6-23-19/h1-7,16,26H,8-12H2/t16-/m1/s1. The fourth-order valence-corrected chi connectivity index (χ4v) is 5.02. The van der Waals surface area contributed by atoms with Crippen LogP contribution in [-0.4, -0.2) is 66.4 Å². The van der Waals surface area contributed by atoms with Crippen LogP contribution in [0.15, 0.2) is 58.8 Å². The molecule has 1 atom stereocenters. The summed E-state index contributed by atoms with van der Waals surface area (Å²) in [5, 5.41) is 9.58. The Labute approximate surface area is 178 Å². The monoisotopic (exact) mass is 451 g/mol. The minimum Gasteiger partial charge on any atom is -0.395 e. The number of hydrogen-bond acceptors (Lipinski definition) is 5. The number of nitrogens with zero attached hydrogens (tertiary/aromatic N) is 3. The lowest BCUT2D eigenvalue weighted by atomic mass is 9.92. The fourth-order valence-electron chi connectivity index (χ4n) is 3.47. The maximum atomic E-state index is 13.4. The molecule has 3 heterocycles. The van der Waals surface area contributed by atoms with Gasteiger partial charge in [-0.1, -0.05) is 23.7 Å². The van der Waals surface area contributed by atoms with Gasteiger partial charge in [0.15, 0.2) is 5.03 Å². The first-order valence-electron chi connectivity index (χ1n) is 9.27. The average Bonchev–Trinajstić information content (AvgIpc) is 2.66. The SMILES string of the molecule is O=C([C@H](CO)c1ccc(F)c(Cl)c1)N1CC(=C2CN(S(=O)(=O)c3ccccn3)C2)C1. The van der Waals surface area contributed by atoms with Gasteiger partial charge in [0.1, 0.15) is 5.82 Å². The Bertz CT molecular complexity index is 1110. The summed E-state index contributed by atoms with van der Waals surface area (Å²) in [5.41, 5.74) is 2.46. The number of sulfonamides is 1. The minimum absolute atomic E-state index is 0.0169. The van der Waals surface area contributed by atoms with Gasteiger partial charge in [0.2, 0.25) is 5.91 Å². The smallest absolute Gasteiger partial charge is 0.261 e. The van der Waals surface area contributed by atoms with E-state index in [0.29, 0.717) is 18.7 Å². The molecule has 1 N–H and O–H groups in total. The third-order valence-electron chi connectivity index (χ3n) is 5.38. The molecule has 30 heavy (non-hydrogen) atoms. The van der Waals surface area contributed by atoms with E-state index in [2.05, 4.69) is 4.98 Å². The molecule has 0 aliphatic carbocycles. The highest BCUT2D eigenvalue weighted by atomic mass is 35.5. The maximum Gasteiger partial charge on any atom is 0.261 e. The van der Waals surface area contributed by atoms with Crippen molar-refractivity contribution in [2.24, 2.45) is 0 Å². The highest BCUT2D eigenvalue weighted by Gasteiger charge is 2.39. The first-order chi connectivity index (χ1) is 14.3. The summed E-state index contributed by atoms with van der Waals surface area (Å²) in [6.07, 6.45) is 1.44. The second-order valence-electron chi connectivity index (χ2n) is 7.25. The van der Waals surface area contributed by atoms with E-state index in [1.165, 1.54) is 34.8 Å². The number of halogens is 2. The van der Waals surface area contributed by atoms with Crippen molar-refractivity contribution in [1.29, 1.82) is 0 Å². The van der Waals surface area contributed by atoms with Crippen LogP contribution in [0.1, 0.15) is 11.5 Å². The van der Waals surface area contributed by atoms with Crippen molar-refractivity contribution in [1.82, 2.24) is 14.2 Å². The van der Waals surface area contributed by atoms with Crippen LogP contribution in [0.2, 0.25) is 5.02 Å². The Morgan fingerprint density at radius 2 is 1.87 bits per heavy atom. The van der Waals surface area contributed by atoms with E-state index in [9.17, 15) is 22.7 Å². The lowest BCUT2D eigenvalue weighted by Gasteiger charge is -2.42. The van der Waals surface area contributed by atoms with Crippen LogP contribution in [0.3, 0.4) is 0 Å². The molecule has 0 bridgehead atoms. The number of benzene rings is 1. The van der Waals surface area contributed by atoms with Crippen LogP contribution >= 0.6 is 11.6 Å². The third-order valence-corrected chi connectivity index (χ3v) is 7.38. The van der Waals surface area contributed by atoms with Crippen LogP contribution in [0.4, 0.5) is 4.39 Å². The number of hydrogen-bond donors (Lipinski definition) is 1. The summed E-state index contributed by atoms with van der Waals surface area (Å²) in [6, 6.07) is 8.69. The summed E-state index contributed by atoms with van der Waals surface area (Å²) in [4.78, 5) is 18.2. The zero-order chi connectivity index (χ0) is 21.5. The van der Waals surface area contributed by atoms with Crippen molar-refractivity contribution in [3.63, 3.8) is 0 Å². The normalized spacial score (nSPS) is 18.0. The van der Waals surface area contributed by atoms with Gasteiger partial charge in [0.05, 0.1) is 17.5 Å². The number of aliphatic hydroxyl groups is 1. The van der Waals surface area contributed by atoms with Gasteiger partial charge in [-0.2, -0.15) is 4.31 Å². The maximum absolute atomic E-state index is 13.4. The number of carbonyl (C=O) groups excluding carboxylic acids is 1. The van der Waals surface area contributed by atoms with Gasteiger partial charge < -0.3 is 10.0 Å². The van der Waals surface area contributed by atoms with Crippen molar-refractivity contribution in [2.45, 2.75) is 10.9 Å². The zero-order valence-electron chi connectivity index (χ0n) is 15.8. The lowest BCUT2D eigenvalue weighted by Crippen LogP contribution is -2.52. The van der Waals surface area contributed by atoms with E-state index in [-0.39, 0.29) is 29.0 Å². The van der Waals surface area contributed by atoms with Gasteiger partial charge in [0.25, 0.3) is 10.0 Å². The van der Waals surface area contributed by atoms with Crippen molar-refractivity contribution in [3.8, 4) is 0 Å². The predicted molar refractivity (Wildman–Crippen MR) is 108 cm³/mol. The predicted octanol–water partition coefficient (Wildman–Crippen LogP) is 1.79. The van der Waals surface area contributed by atoms with E-state index in [1.807, 2.05) is 0 Å². The number of rotatable bonds is 5. The molecule has 10 heteroatoms. The highest BCUT2D eigenvalue weighted by Crippen LogP contribution is 2.32. The second kappa shape index (κ2) is 8.07. The molecule has 0 saturated carbocycles. The van der Waals surface area contributed by atoms with Crippen molar-refractivity contribution in [2.75, 3.05) is 32.8 Å². The molecule has 4 rings (SSSR count). The molecule has 7 nitrogen and oxygen atoms in total. The molecule has 1 amide bonds. The number of pyridine rings is 1. The van der Waals surface area contributed by atoms with Gasteiger partial charge in [-0.15, -0.1) is 0 Å². The Kier molecular flexibility index (Phi) is 5.63. The summed E-state index contributed by atoms with van der Waals surface area (Å²) in [6.45, 7) is 0.925. The van der Waals surface area contributed by atoms with Crippen LogP contribution in [0.5, 0.6) is 0 Å². The van der Waals surface area contributed by atoms with Gasteiger partial charge in [-0.3, -0.25) is 4.79 Å². The topological polar surface area (TPSA) is 90.8 Å². The van der Waals surface area contributed by atoms with Crippen LogP contribution in [-0.2, 0) is 14.8 Å². The highest BCUT2D eigenvalue weighted by molar-refractivity contribution is 7.89. The molecule has 2 aliphatic heterocycles. The number of likely N-dealkylation sites (tertiary alicyclic amines) is 1. The average molecular weight is 452 g/mol. The lowest BCUT2D eigenvalue weighted by molar-refractivity contribution is -0.135. The molecule has 1 aromatic carbocycles. The molecule has 0 radical (unpaired) electrons. The summed E-state index contributed by atoms with van der Waals surface area (Å²) in [7, 11) is -3.61. The quantitative estimate of drug-likeness (QED) is 0.700. The summed E-state index contributed by atoms with van der Waals surface area (Å²) >= 11 is 5.79. The summed E-state index contributed by atoms with van der Waals surface area (Å²) in [5.74, 6) is -1.69. The van der Waals surface area contributed by atoms with E-state index >= 15 is 0 Å². The van der Waals surface area contributed by atoms with E-state index in [1.54, 1.807) is 17.0 Å². The molecular formula is C20H19ClFN3O4S. The number of carbonyl (C=O) groups is 1. The van der Waals surface area contributed by atoms with E-state index in [0.717, 1.165) is 11.1 Å². The summed E-state index contributed by atoms with van der Waals surface area (Å²) < 4.78 is 39.7. The molecular weight excluding hydrogens is 433 g/mol. The molecule has 2 aromatic rings. The molecule has 2 fully saturated rings. The van der Waals surface area contributed by atoms with E-state index in [4.69, 9.17) is 11.6 Å². The number of aromatic nitrogens is 1. The zero-order valence-corrected chi connectivity index (χ0v) is 17.4. The Balaban J connectivity index is 1.38. The van der Waals surface area contributed by atoms with E-state index < -0.39 is 28.4 Å². The number of amides is 1. The Hall–Kier alpha value is -2.33. The largest absolute Gasteiger partial charge is 0.395 e. The first-order valence-corrected chi connectivity index (χ1v) is 11.1. The van der Waals surface area contributed by atoms with Gasteiger partial charge >= 0.3 is 0 Å². The van der Waals surface area contributed by atoms with Crippen LogP contribution in [0, 0.1) is 5.82 Å². The van der Waals surface area contributed by atoms with Gasteiger partial charge in [-0.25, -0.2) is 17.8 Å². The molecule has 0 spiro atoms.